The molecule has 0 bridgehead atoms. The van der Waals surface area contributed by atoms with Gasteiger partial charge in [0, 0.05) is 0 Å². The Kier molecular flexibility index (Phi) is 7.34. The van der Waals surface area contributed by atoms with Gasteiger partial charge in [0.15, 0.2) is 0 Å². The molecule has 2 aliphatic rings. The van der Waals surface area contributed by atoms with Crippen molar-refractivity contribution in [3.05, 3.63) is 11.6 Å². The molecule has 0 aromatic heterocycles. The molecule has 0 aliphatic heterocycles. The van der Waals surface area contributed by atoms with Crippen LogP contribution >= 0.6 is 0 Å². The van der Waals surface area contributed by atoms with E-state index in [1.54, 1.807) is 5.57 Å². The second kappa shape index (κ2) is 8.25. The van der Waals surface area contributed by atoms with Crippen LogP contribution in [-0.4, -0.2) is 0 Å². The van der Waals surface area contributed by atoms with Gasteiger partial charge in [-0.1, -0.05) is 73.0 Å². The average molecular weight is 279 g/mol. The summed E-state index contributed by atoms with van der Waals surface area (Å²) >= 11 is 0. The fourth-order valence-electron chi connectivity index (χ4n) is 4.51. The Morgan fingerprint density at radius 2 is 1.70 bits per heavy atom. The van der Waals surface area contributed by atoms with Gasteiger partial charge >= 0.3 is 0 Å². The first-order chi connectivity index (χ1) is 9.50. The fraction of sp³-hybridized carbons (Fsp3) is 0.900. The van der Waals surface area contributed by atoms with E-state index in [1.165, 1.54) is 32.1 Å². The first-order valence-electron chi connectivity index (χ1n) is 9.19. The molecule has 0 nitrogen and oxygen atoms in total. The molecule has 0 spiro atoms. The molecule has 0 aromatic rings. The van der Waals surface area contributed by atoms with Gasteiger partial charge in [-0.3, -0.25) is 0 Å². The highest BCUT2D eigenvalue weighted by molar-refractivity contribution is 5.13. The zero-order valence-corrected chi connectivity index (χ0v) is 15.1. The second-order valence-electron chi connectivity index (χ2n) is 7.50. The second-order valence-corrected chi connectivity index (χ2v) is 7.50. The van der Waals surface area contributed by atoms with Crippen molar-refractivity contribution in [2.45, 2.75) is 80.6 Å². The predicted octanol–water partition coefficient (Wildman–Crippen LogP) is 6.71. The Morgan fingerprint density at radius 1 is 1.05 bits per heavy atom. The van der Waals surface area contributed by atoms with Gasteiger partial charge in [-0.25, -0.2) is 0 Å². The van der Waals surface area contributed by atoms with Crippen molar-refractivity contribution in [2.24, 2.45) is 35.5 Å². The van der Waals surface area contributed by atoms with Gasteiger partial charge in [0.2, 0.25) is 0 Å². The van der Waals surface area contributed by atoms with Crippen LogP contribution in [0.2, 0.25) is 0 Å². The fourth-order valence-corrected chi connectivity index (χ4v) is 4.51. The zero-order valence-electron chi connectivity index (χ0n) is 15.1. The maximum absolute atomic E-state index is 2.61. The standard InChI is InChI=1S/C18H32.C2H6/c1-12(2)11-16-9-10-18(15(5)14(16)4)17-8-6-7-13(17)3;1-2/h9,12-15,17-18H,6-8,10-11H2,1-5H3;1-2H3. The van der Waals surface area contributed by atoms with Crippen molar-refractivity contribution in [2.75, 3.05) is 0 Å². The van der Waals surface area contributed by atoms with Crippen molar-refractivity contribution in [1.29, 1.82) is 0 Å². The predicted molar refractivity (Wildman–Crippen MR) is 91.8 cm³/mol. The molecule has 0 heterocycles. The largest absolute Gasteiger partial charge is 0.0847 e. The van der Waals surface area contributed by atoms with Crippen molar-refractivity contribution in [1.82, 2.24) is 0 Å². The third kappa shape index (κ3) is 4.12. The lowest BCUT2D eigenvalue weighted by molar-refractivity contribution is 0.157. The quantitative estimate of drug-likeness (QED) is 0.503. The molecule has 0 aromatic carbocycles. The van der Waals surface area contributed by atoms with E-state index in [4.69, 9.17) is 0 Å². The molecule has 0 N–H and O–H groups in total. The highest BCUT2D eigenvalue weighted by Crippen LogP contribution is 2.47. The maximum Gasteiger partial charge on any atom is -0.0203 e. The minimum absolute atomic E-state index is 0.813. The van der Waals surface area contributed by atoms with Crippen LogP contribution in [0.15, 0.2) is 11.6 Å². The van der Waals surface area contributed by atoms with Crippen LogP contribution in [0.3, 0.4) is 0 Å². The number of hydrogen-bond donors (Lipinski definition) is 0. The Balaban J connectivity index is 0.000000956. The minimum Gasteiger partial charge on any atom is -0.0847 e. The lowest BCUT2D eigenvalue weighted by Gasteiger charge is -2.40. The first-order valence-corrected chi connectivity index (χ1v) is 9.19. The lowest BCUT2D eigenvalue weighted by atomic mass is 9.65. The van der Waals surface area contributed by atoms with Crippen LogP contribution < -0.4 is 0 Å². The molecule has 0 saturated heterocycles. The van der Waals surface area contributed by atoms with Gasteiger partial charge in [-0.2, -0.15) is 0 Å². The van der Waals surface area contributed by atoms with E-state index in [0.717, 1.165) is 35.5 Å². The van der Waals surface area contributed by atoms with Gasteiger partial charge in [-0.15, -0.1) is 0 Å². The van der Waals surface area contributed by atoms with Crippen molar-refractivity contribution >= 4 is 0 Å². The molecule has 0 amide bonds. The average Bonchev–Trinajstić information content (AvgIpc) is 2.83. The van der Waals surface area contributed by atoms with Crippen molar-refractivity contribution in [3.8, 4) is 0 Å². The monoisotopic (exact) mass is 278 g/mol. The van der Waals surface area contributed by atoms with Gasteiger partial charge in [0.25, 0.3) is 0 Å². The Morgan fingerprint density at radius 3 is 2.20 bits per heavy atom. The van der Waals surface area contributed by atoms with Gasteiger partial charge < -0.3 is 0 Å². The zero-order chi connectivity index (χ0) is 15.3. The van der Waals surface area contributed by atoms with Crippen LogP contribution in [0.25, 0.3) is 0 Å². The molecule has 118 valence electrons. The molecule has 5 unspecified atom stereocenters. The third-order valence-corrected chi connectivity index (χ3v) is 5.82. The summed E-state index contributed by atoms with van der Waals surface area (Å²) < 4.78 is 0. The highest BCUT2D eigenvalue weighted by atomic mass is 14.4. The molecule has 1 saturated carbocycles. The first kappa shape index (κ1) is 17.8. The van der Waals surface area contributed by atoms with E-state index < -0.39 is 0 Å². The molecule has 0 radical (unpaired) electrons. The summed E-state index contributed by atoms with van der Waals surface area (Å²) in [6, 6.07) is 0. The van der Waals surface area contributed by atoms with Gasteiger partial charge in [0.1, 0.15) is 0 Å². The Hall–Kier alpha value is -0.260. The highest BCUT2D eigenvalue weighted by Gasteiger charge is 2.37. The third-order valence-electron chi connectivity index (χ3n) is 5.82. The Labute approximate surface area is 128 Å². The molecule has 20 heavy (non-hydrogen) atoms. The summed E-state index contributed by atoms with van der Waals surface area (Å²) in [6.45, 7) is 16.2. The van der Waals surface area contributed by atoms with E-state index in [-0.39, 0.29) is 0 Å². The number of allylic oxidation sites excluding steroid dienone is 2. The van der Waals surface area contributed by atoms with E-state index in [2.05, 4.69) is 40.7 Å². The normalized spacial score (nSPS) is 37.4. The SMILES string of the molecule is CC.CC(C)CC1=CCC(C2CCCC2C)C(C)C1C. The van der Waals surface area contributed by atoms with E-state index in [0.29, 0.717) is 0 Å². The smallest absolute Gasteiger partial charge is 0.0203 e. The van der Waals surface area contributed by atoms with Crippen LogP contribution in [0.1, 0.15) is 80.6 Å². The van der Waals surface area contributed by atoms with E-state index in [1.807, 2.05) is 13.8 Å². The number of rotatable bonds is 3. The Bertz CT molecular complexity index is 299. The summed E-state index contributed by atoms with van der Waals surface area (Å²) in [5.41, 5.74) is 1.75. The molecule has 2 rings (SSSR count). The van der Waals surface area contributed by atoms with Crippen molar-refractivity contribution < 1.29 is 0 Å². The van der Waals surface area contributed by atoms with Crippen LogP contribution in [0.4, 0.5) is 0 Å². The molecule has 0 heteroatoms. The molecular formula is C20H38. The molecular weight excluding hydrogens is 240 g/mol. The summed E-state index contributed by atoms with van der Waals surface area (Å²) in [5, 5.41) is 0. The van der Waals surface area contributed by atoms with Gasteiger partial charge in [0.05, 0.1) is 0 Å². The lowest BCUT2D eigenvalue weighted by Crippen LogP contribution is -2.31. The summed E-state index contributed by atoms with van der Waals surface area (Å²) in [7, 11) is 0. The summed E-state index contributed by atoms with van der Waals surface area (Å²) in [5.74, 6) is 5.48. The topological polar surface area (TPSA) is 0 Å². The molecule has 1 fully saturated rings. The van der Waals surface area contributed by atoms with Crippen LogP contribution in [0.5, 0.6) is 0 Å². The maximum atomic E-state index is 2.61. The van der Waals surface area contributed by atoms with Gasteiger partial charge in [-0.05, 0) is 54.8 Å². The summed E-state index contributed by atoms with van der Waals surface area (Å²) in [4.78, 5) is 0. The minimum atomic E-state index is 0.813. The van der Waals surface area contributed by atoms with Crippen molar-refractivity contribution in [3.63, 3.8) is 0 Å². The summed E-state index contributed by atoms with van der Waals surface area (Å²) in [6.07, 6.45) is 9.74. The molecule has 2 aliphatic carbocycles. The van der Waals surface area contributed by atoms with Crippen LogP contribution in [-0.2, 0) is 0 Å². The van der Waals surface area contributed by atoms with E-state index in [9.17, 15) is 0 Å². The molecule has 5 atom stereocenters. The van der Waals surface area contributed by atoms with Crippen LogP contribution in [0, 0.1) is 35.5 Å². The number of hydrogen-bond acceptors (Lipinski definition) is 0. The van der Waals surface area contributed by atoms with E-state index >= 15 is 0 Å².